The number of hydrogen-bond acceptors (Lipinski definition) is 6. The summed E-state index contributed by atoms with van der Waals surface area (Å²) in [4.78, 5) is 27.4. The van der Waals surface area contributed by atoms with E-state index in [9.17, 15) is 9.18 Å². The van der Waals surface area contributed by atoms with Crippen molar-refractivity contribution in [1.82, 2.24) is 9.97 Å². The summed E-state index contributed by atoms with van der Waals surface area (Å²) in [5, 5.41) is 7.33. The lowest BCUT2D eigenvalue weighted by atomic mass is 9.83. The van der Waals surface area contributed by atoms with Crippen molar-refractivity contribution in [1.29, 1.82) is 0 Å². The molecule has 2 heterocycles. The molecule has 2 aromatic rings. The molecule has 1 saturated heterocycles. The lowest BCUT2D eigenvalue weighted by Gasteiger charge is -2.31. The van der Waals surface area contributed by atoms with Crippen LogP contribution in [0.1, 0.15) is 50.0 Å². The number of carbonyl (C=O) groups excluding carboxylic acids is 1. The zero-order chi connectivity index (χ0) is 22.5. The summed E-state index contributed by atoms with van der Waals surface area (Å²) < 4.78 is 14.5. The van der Waals surface area contributed by atoms with Crippen LogP contribution in [-0.2, 0) is 4.84 Å². The number of amides is 2. The average Bonchev–Trinajstić information content (AvgIpc) is 2.79. The van der Waals surface area contributed by atoms with Crippen molar-refractivity contribution in [2.75, 3.05) is 23.3 Å². The van der Waals surface area contributed by atoms with E-state index in [-0.39, 0.29) is 17.8 Å². The minimum atomic E-state index is -0.709. The molecular weight excluding hydrogens is 435 g/mol. The van der Waals surface area contributed by atoms with Gasteiger partial charge in [-0.25, -0.2) is 19.2 Å². The van der Waals surface area contributed by atoms with Gasteiger partial charge in [0, 0.05) is 31.6 Å². The van der Waals surface area contributed by atoms with Crippen molar-refractivity contribution in [3.8, 4) is 0 Å². The number of urea groups is 1. The van der Waals surface area contributed by atoms with E-state index in [1.165, 1.54) is 6.07 Å². The Morgan fingerprint density at radius 1 is 1.19 bits per heavy atom. The van der Waals surface area contributed by atoms with Gasteiger partial charge in [-0.05, 0) is 49.3 Å². The van der Waals surface area contributed by atoms with Crippen LogP contribution in [-0.4, -0.2) is 40.9 Å². The van der Waals surface area contributed by atoms with Gasteiger partial charge in [0.2, 0.25) is 5.95 Å². The molecule has 1 aromatic heterocycles. The van der Waals surface area contributed by atoms with E-state index < -0.39 is 6.03 Å². The van der Waals surface area contributed by atoms with Crippen molar-refractivity contribution in [3.05, 3.63) is 47.0 Å². The number of rotatable bonds is 5. The van der Waals surface area contributed by atoms with Crippen molar-refractivity contribution in [2.24, 2.45) is 10.9 Å². The predicted molar refractivity (Wildman–Crippen MR) is 122 cm³/mol. The molecule has 2 fully saturated rings. The summed E-state index contributed by atoms with van der Waals surface area (Å²) in [6, 6.07) is 4.01. The van der Waals surface area contributed by atoms with E-state index in [0.717, 1.165) is 57.3 Å². The molecule has 0 radical (unpaired) electrons. The Labute approximate surface area is 191 Å². The van der Waals surface area contributed by atoms with E-state index in [1.807, 2.05) is 0 Å². The summed E-state index contributed by atoms with van der Waals surface area (Å²) in [7, 11) is 0. The minimum Gasteiger partial charge on any atom is -0.392 e. The minimum absolute atomic E-state index is 0.0755. The Balaban J connectivity index is 1.24. The Bertz CT molecular complexity index is 969. The van der Waals surface area contributed by atoms with Gasteiger partial charge in [0.1, 0.15) is 11.9 Å². The Morgan fingerprint density at radius 3 is 2.50 bits per heavy atom. The van der Waals surface area contributed by atoms with Gasteiger partial charge >= 0.3 is 6.03 Å². The first-order valence-electron chi connectivity index (χ1n) is 10.8. The second-order valence-electron chi connectivity index (χ2n) is 8.15. The quantitative estimate of drug-likeness (QED) is 0.641. The molecule has 2 aliphatic rings. The van der Waals surface area contributed by atoms with Gasteiger partial charge in [-0.2, -0.15) is 0 Å². The maximum absolute atomic E-state index is 14.5. The van der Waals surface area contributed by atoms with Gasteiger partial charge in [0.25, 0.3) is 0 Å². The van der Waals surface area contributed by atoms with Crippen LogP contribution in [0.4, 0.5) is 20.8 Å². The lowest BCUT2D eigenvalue weighted by molar-refractivity contribution is 0.0406. The second kappa shape index (κ2) is 10.1. The van der Waals surface area contributed by atoms with Gasteiger partial charge < -0.3 is 20.8 Å². The normalized spacial score (nSPS) is 19.5. The van der Waals surface area contributed by atoms with Gasteiger partial charge in [-0.1, -0.05) is 22.8 Å². The molecule has 1 aromatic carbocycles. The number of hydrogen-bond donors (Lipinski definition) is 2. The largest absolute Gasteiger partial charge is 0.392 e. The molecule has 8 nitrogen and oxygen atoms in total. The van der Waals surface area contributed by atoms with Crippen LogP contribution in [0, 0.1) is 5.82 Å². The van der Waals surface area contributed by atoms with Crippen molar-refractivity contribution in [3.63, 3.8) is 0 Å². The van der Waals surface area contributed by atoms with Crippen LogP contribution in [0.5, 0.6) is 0 Å². The number of nitrogens with one attached hydrogen (secondary N) is 1. The number of benzene rings is 1. The highest BCUT2D eigenvalue weighted by Crippen LogP contribution is 2.34. The molecule has 1 aliphatic heterocycles. The van der Waals surface area contributed by atoms with Crippen LogP contribution < -0.4 is 16.0 Å². The molecule has 0 bridgehead atoms. The zero-order valence-electron chi connectivity index (χ0n) is 17.6. The van der Waals surface area contributed by atoms with Gasteiger partial charge in [-0.15, -0.1) is 0 Å². The summed E-state index contributed by atoms with van der Waals surface area (Å²) in [5.41, 5.74) is 7.13. The number of carbonyl (C=O) groups is 1. The van der Waals surface area contributed by atoms with Crippen LogP contribution in [0.15, 0.2) is 35.7 Å². The first kappa shape index (κ1) is 22.3. The molecule has 4 rings (SSSR count). The average molecular weight is 461 g/mol. The van der Waals surface area contributed by atoms with Gasteiger partial charge in [-0.3, -0.25) is 0 Å². The number of anilines is 2. The van der Waals surface area contributed by atoms with Crippen LogP contribution in [0.25, 0.3) is 0 Å². The Morgan fingerprint density at radius 2 is 1.88 bits per heavy atom. The number of primary amides is 1. The second-order valence-corrected chi connectivity index (χ2v) is 8.59. The number of aromatic nitrogens is 2. The van der Waals surface area contributed by atoms with E-state index in [0.29, 0.717) is 22.2 Å². The summed E-state index contributed by atoms with van der Waals surface area (Å²) >= 11 is 5.85. The van der Waals surface area contributed by atoms with Crippen molar-refractivity contribution >= 4 is 35.0 Å². The smallest absolute Gasteiger partial charge is 0.316 e. The third-order valence-electron chi connectivity index (χ3n) is 5.93. The highest BCUT2D eigenvalue weighted by molar-refractivity contribution is 6.30. The monoisotopic (exact) mass is 460 g/mol. The molecule has 3 N–H and O–H groups in total. The van der Waals surface area contributed by atoms with E-state index in [4.69, 9.17) is 22.2 Å². The fraction of sp³-hybridized carbons (Fsp3) is 0.455. The molecule has 1 saturated carbocycles. The molecule has 2 amide bonds. The molecule has 32 heavy (non-hydrogen) atoms. The third kappa shape index (κ3) is 5.64. The van der Waals surface area contributed by atoms with Crippen LogP contribution in [0.3, 0.4) is 0 Å². The SMILES string of the molecule is NC(=O)Nc1ccc(C2CCC(=NOC3CCN(c4ncc(Cl)cn4)CC3)CC2)c(F)c1. The van der Waals surface area contributed by atoms with Crippen molar-refractivity contribution < 1.29 is 14.0 Å². The molecule has 0 unspecified atom stereocenters. The summed E-state index contributed by atoms with van der Waals surface area (Å²) in [6.45, 7) is 1.61. The van der Waals surface area contributed by atoms with E-state index in [1.54, 1.807) is 24.5 Å². The maximum atomic E-state index is 14.5. The predicted octanol–water partition coefficient (Wildman–Crippen LogP) is 4.46. The molecule has 0 atom stereocenters. The molecule has 170 valence electrons. The molecular formula is C22H26ClFN6O2. The fourth-order valence-electron chi connectivity index (χ4n) is 4.21. The number of nitrogens with zero attached hydrogens (tertiary/aromatic N) is 4. The zero-order valence-corrected chi connectivity index (χ0v) is 18.4. The number of piperidine rings is 1. The standard InChI is InChI=1S/C22H26ClFN6O2/c23-15-12-26-22(27-13-15)30-9-7-18(8-10-30)32-29-16-3-1-14(2-4-16)19-6-5-17(11-20(19)24)28-21(25)31/h5-6,11-14,18H,1-4,7-10H2,(H3,25,28,31). The number of halogens is 2. The third-order valence-corrected chi connectivity index (χ3v) is 6.13. The Hall–Kier alpha value is -2.94. The number of nitrogens with two attached hydrogens (primary N) is 1. The van der Waals surface area contributed by atoms with Crippen LogP contribution in [0.2, 0.25) is 5.02 Å². The van der Waals surface area contributed by atoms with E-state index >= 15 is 0 Å². The van der Waals surface area contributed by atoms with Gasteiger partial charge in [0.15, 0.2) is 0 Å². The van der Waals surface area contributed by atoms with E-state index in [2.05, 4.69) is 25.3 Å². The Kier molecular flexibility index (Phi) is 7.04. The first-order valence-corrected chi connectivity index (χ1v) is 11.2. The first-order chi connectivity index (χ1) is 15.5. The summed E-state index contributed by atoms with van der Waals surface area (Å²) in [5.74, 6) is 0.483. The molecule has 1 aliphatic carbocycles. The number of oxime groups is 1. The topological polar surface area (TPSA) is 106 Å². The fourth-order valence-corrected chi connectivity index (χ4v) is 4.31. The highest BCUT2D eigenvalue weighted by Gasteiger charge is 2.25. The highest BCUT2D eigenvalue weighted by atomic mass is 35.5. The van der Waals surface area contributed by atoms with Crippen molar-refractivity contribution in [2.45, 2.75) is 50.5 Å². The molecule has 10 heteroatoms. The van der Waals surface area contributed by atoms with Crippen LogP contribution >= 0.6 is 11.6 Å². The van der Waals surface area contributed by atoms with Gasteiger partial charge in [0.05, 0.1) is 23.1 Å². The lowest BCUT2D eigenvalue weighted by Crippen LogP contribution is -2.37. The maximum Gasteiger partial charge on any atom is 0.316 e. The summed E-state index contributed by atoms with van der Waals surface area (Å²) in [6.07, 6.45) is 8.17. The molecule has 0 spiro atoms.